The van der Waals surface area contributed by atoms with E-state index in [4.69, 9.17) is 25.8 Å². The molecule has 1 aromatic heterocycles. The number of hydrogen-bond donors (Lipinski definition) is 1. The molecule has 0 bridgehead atoms. The summed E-state index contributed by atoms with van der Waals surface area (Å²) in [7, 11) is 4.83. The van der Waals surface area contributed by atoms with Gasteiger partial charge in [0.05, 0.1) is 44.2 Å². The van der Waals surface area contributed by atoms with Gasteiger partial charge < -0.3 is 24.2 Å². The van der Waals surface area contributed by atoms with Crippen LogP contribution in [0.3, 0.4) is 0 Å². The van der Waals surface area contributed by atoms with Crippen LogP contribution < -0.4 is 9.47 Å². The topological polar surface area (TPSA) is 86.0 Å². The fraction of sp³-hybridized carbons (Fsp3) is 0.474. The Labute approximate surface area is 168 Å². The Morgan fingerprint density at radius 1 is 1.36 bits per heavy atom. The second-order valence-electron chi connectivity index (χ2n) is 6.52. The van der Waals surface area contributed by atoms with Gasteiger partial charge in [0, 0.05) is 13.6 Å². The first kappa shape index (κ1) is 20.4. The van der Waals surface area contributed by atoms with E-state index in [1.807, 2.05) is 6.07 Å². The lowest BCUT2D eigenvalue weighted by Crippen LogP contribution is -2.49. The zero-order valence-corrected chi connectivity index (χ0v) is 17.1. The van der Waals surface area contributed by atoms with Gasteiger partial charge in [0.2, 0.25) is 0 Å². The highest BCUT2D eigenvalue weighted by Crippen LogP contribution is 2.36. The molecule has 8 nitrogen and oxygen atoms in total. The van der Waals surface area contributed by atoms with Crippen LogP contribution in [0.4, 0.5) is 0 Å². The van der Waals surface area contributed by atoms with Crippen molar-refractivity contribution in [1.82, 2.24) is 14.7 Å². The number of aromatic nitrogens is 2. The number of morpholine rings is 1. The van der Waals surface area contributed by atoms with Crippen LogP contribution >= 0.6 is 11.6 Å². The van der Waals surface area contributed by atoms with E-state index in [9.17, 15) is 9.90 Å². The van der Waals surface area contributed by atoms with Crippen molar-refractivity contribution in [1.29, 1.82) is 0 Å². The molecule has 0 spiro atoms. The van der Waals surface area contributed by atoms with Crippen LogP contribution in [0.1, 0.15) is 27.8 Å². The van der Waals surface area contributed by atoms with Gasteiger partial charge in [-0.25, -0.2) is 0 Å². The third-order valence-electron chi connectivity index (χ3n) is 5.01. The predicted octanol–water partition coefficient (Wildman–Crippen LogP) is 1.97. The van der Waals surface area contributed by atoms with E-state index in [1.54, 1.807) is 49.9 Å². The normalized spacial score (nSPS) is 19.6. The molecule has 1 aromatic carbocycles. The monoisotopic (exact) mass is 409 g/mol. The number of aliphatic hydroxyl groups excluding tert-OH is 1. The molecule has 0 aliphatic carbocycles. The molecule has 2 heterocycles. The van der Waals surface area contributed by atoms with Crippen LogP contribution in [0.15, 0.2) is 18.2 Å². The third kappa shape index (κ3) is 3.55. The number of halogens is 1. The maximum absolute atomic E-state index is 13.3. The number of ether oxygens (including phenoxy) is 3. The number of hydrogen-bond acceptors (Lipinski definition) is 6. The Balaban J connectivity index is 2.03. The van der Waals surface area contributed by atoms with E-state index in [-0.39, 0.29) is 18.2 Å². The molecule has 1 amide bonds. The van der Waals surface area contributed by atoms with Crippen molar-refractivity contribution in [3.63, 3.8) is 0 Å². The van der Waals surface area contributed by atoms with E-state index in [1.165, 1.54) is 0 Å². The Hall–Kier alpha value is -2.29. The molecular weight excluding hydrogens is 386 g/mol. The molecule has 0 radical (unpaired) electrons. The van der Waals surface area contributed by atoms with E-state index in [0.29, 0.717) is 35.4 Å². The lowest BCUT2D eigenvalue weighted by atomic mass is 9.97. The predicted molar refractivity (Wildman–Crippen MR) is 103 cm³/mol. The van der Waals surface area contributed by atoms with Gasteiger partial charge in [-0.2, -0.15) is 5.10 Å². The molecule has 9 heteroatoms. The number of methoxy groups -OCH3 is 2. The average molecular weight is 410 g/mol. The summed E-state index contributed by atoms with van der Waals surface area (Å²) in [5.74, 6) is 0.793. The summed E-state index contributed by atoms with van der Waals surface area (Å²) in [6.07, 6.45) is -0.584. The highest BCUT2D eigenvalue weighted by Gasteiger charge is 2.38. The minimum atomic E-state index is -0.584. The molecule has 2 atom stereocenters. The Morgan fingerprint density at radius 3 is 2.64 bits per heavy atom. The van der Waals surface area contributed by atoms with Gasteiger partial charge in [-0.15, -0.1) is 0 Å². The molecular formula is C19H24ClN3O5. The first-order valence-electron chi connectivity index (χ1n) is 8.87. The van der Waals surface area contributed by atoms with Crippen molar-refractivity contribution in [2.45, 2.75) is 19.1 Å². The fourth-order valence-corrected chi connectivity index (χ4v) is 3.64. The molecule has 28 heavy (non-hydrogen) atoms. The number of carbonyl (C=O) groups is 1. The highest BCUT2D eigenvalue weighted by atomic mass is 35.5. The van der Waals surface area contributed by atoms with Crippen molar-refractivity contribution in [3.8, 4) is 11.5 Å². The number of aryl methyl sites for hydroxylation is 1. The standard InChI is InChI=1S/C19H24ClN3O5/c1-11-16(20)17(21-22(11)2)19(25)23-7-8-28-15(10-24)18(23)12-5-6-13(26-3)14(9-12)27-4/h5-6,9,15,18,24H,7-8,10H2,1-4H3/t15-,18-/m1/s1. The summed E-state index contributed by atoms with van der Waals surface area (Å²) in [5.41, 5.74) is 1.65. The molecule has 1 aliphatic rings. The lowest BCUT2D eigenvalue weighted by molar-refractivity contribution is -0.0813. The summed E-state index contributed by atoms with van der Waals surface area (Å²) < 4.78 is 18.0. The number of nitrogens with zero attached hydrogens (tertiary/aromatic N) is 3. The summed E-state index contributed by atoms with van der Waals surface area (Å²) in [4.78, 5) is 14.9. The fourth-order valence-electron chi connectivity index (χ4n) is 3.40. The Bertz CT molecular complexity index is 869. The molecule has 3 rings (SSSR count). The van der Waals surface area contributed by atoms with Crippen LogP contribution in [-0.2, 0) is 11.8 Å². The molecule has 1 fully saturated rings. The minimum absolute atomic E-state index is 0.186. The van der Waals surface area contributed by atoms with Crippen molar-refractivity contribution >= 4 is 17.5 Å². The van der Waals surface area contributed by atoms with Crippen LogP contribution in [0.2, 0.25) is 5.02 Å². The summed E-state index contributed by atoms with van der Waals surface area (Å²) in [6.45, 7) is 2.22. The second kappa shape index (κ2) is 8.38. The van der Waals surface area contributed by atoms with E-state index in [0.717, 1.165) is 5.56 Å². The van der Waals surface area contributed by atoms with Crippen LogP contribution in [0.25, 0.3) is 0 Å². The summed E-state index contributed by atoms with van der Waals surface area (Å²) in [5, 5.41) is 14.5. The van der Waals surface area contributed by atoms with Crippen LogP contribution in [-0.4, -0.2) is 65.8 Å². The Kier molecular flexibility index (Phi) is 6.12. The summed E-state index contributed by atoms with van der Waals surface area (Å²) >= 11 is 6.33. The van der Waals surface area contributed by atoms with Gasteiger partial charge >= 0.3 is 0 Å². The SMILES string of the molecule is COc1ccc([C@@H]2[C@@H](CO)OCCN2C(=O)c2nn(C)c(C)c2Cl)cc1OC. The largest absolute Gasteiger partial charge is 0.493 e. The zero-order chi connectivity index (χ0) is 20.4. The van der Waals surface area contributed by atoms with Gasteiger partial charge in [0.15, 0.2) is 17.2 Å². The third-order valence-corrected chi connectivity index (χ3v) is 5.46. The number of benzene rings is 1. The molecule has 2 aromatic rings. The smallest absolute Gasteiger partial charge is 0.276 e. The molecule has 1 N–H and O–H groups in total. The second-order valence-corrected chi connectivity index (χ2v) is 6.90. The first-order chi connectivity index (χ1) is 13.4. The zero-order valence-electron chi connectivity index (χ0n) is 16.3. The summed E-state index contributed by atoms with van der Waals surface area (Å²) in [6, 6.07) is 4.85. The number of carbonyl (C=O) groups excluding carboxylic acids is 1. The quantitative estimate of drug-likeness (QED) is 0.812. The first-order valence-corrected chi connectivity index (χ1v) is 9.25. The molecule has 152 valence electrons. The molecule has 0 unspecified atom stereocenters. The average Bonchev–Trinajstić information content (AvgIpc) is 2.99. The Morgan fingerprint density at radius 2 is 2.07 bits per heavy atom. The van der Waals surface area contributed by atoms with Crippen molar-refractivity contribution in [2.24, 2.45) is 7.05 Å². The van der Waals surface area contributed by atoms with Crippen molar-refractivity contribution in [2.75, 3.05) is 34.0 Å². The number of rotatable bonds is 5. The maximum Gasteiger partial charge on any atom is 0.276 e. The number of amides is 1. The van der Waals surface area contributed by atoms with E-state index >= 15 is 0 Å². The maximum atomic E-state index is 13.3. The van der Waals surface area contributed by atoms with E-state index in [2.05, 4.69) is 5.10 Å². The molecule has 1 saturated heterocycles. The van der Waals surface area contributed by atoms with Gasteiger partial charge in [-0.1, -0.05) is 17.7 Å². The van der Waals surface area contributed by atoms with Crippen molar-refractivity contribution < 1.29 is 24.1 Å². The number of aliphatic hydroxyl groups is 1. The van der Waals surface area contributed by atoms with Gasteiger partial charge in [0.1, 0.15) is 6.10 Å². The van der Waals surface area contributed by atoms with Gasteiger partial charge in [-0.3, -0.25) is 9.48 Å². The van der Waals surface area contributed by atoms with Crippen LogP contribution in [0, 0.1) is 6.92 Å². The molecule has 0 saturated carbocycles. The van der Waals surface area contributed by atoms with E-state index < -0.39 is 12.1 Å². The molecule has 1 aliphatic heterocycles. The van der Waals surface area contributed by atoms with Crippen molar-refractivity contribution in [3.05, 3.63) is 40.2 Å². The van der Waals surface area contributed by atoms with Gasteiger partial charge in [-0.05, 0) is 24.6 Å². The lowest BCUT2D eigenvalue weighted by Gasteiger charge is -2.40. The highest BCUT2D eigenvalue weighted by molar-refractivity contribution is 6.34. The van der Waals surface area contributed by atoms with Gasteiger partial charge in [0.25, 0.3) is 5.91 Å². The van der Waals surface area contributed by atoms with Crippen LogP contribution in [0.5, 0.6) is 11.5 Å². The minimum Gasteiger partial charge on any atom is -0.493 e.